The van der Waals surface area contributed by atoms with Gasteiger partial charge in [0.05, 0.1) is 0 Å². The first-order valence-corrected chi connectivity index (χ1v) is 7.80. The summed E-state index contributed by atoms with van der Waals surface area (Å²) >= 11 is 0. The predicted octanol–water partition coefficient (Wildman–Crippen LogP) is 4.88. The molecule has 0 aliphatic carbocycles. The molecule has 0 bridgehead atoms. The minimum Gasteiger partial charge on any atom is -0.485 e. The third-order valence-electron chi connectivity index (χ3n) is 4.06. The summed E-state index contributed by atoms with van der Waals surface area (Å²) in [5, 5.41) is 0. The van der Waals surface area contributed by atoms with E-state index in [2.05, 4.69) is 25.1 Å². The zero-order chi connectivity index (χ0) is 16.4. The highest BCUT2D eigenvalue weighted by atomic mass is 16.5. The Kier molecular flexibility index (Phi) is 4.20. The van der Waals surface area contributed by atoms with E-state index in [4.69, 9.17) is 9.47 Å². The molecular formula is C20H20O3. The van der Waals surface area contributed by atoms with Gasteiger partial charge in [0, 0.05) is 18.4 Å². The Morgan fingerprint density at radius 3 is 2.57 bits per heavy atom. The monoisotopic (exact) mass is 308 g/mol. The lowest BCUT2D eigenvalue weighted by molar-refractivity contribution is -0.131. The number of hydrogen-bond donors (Lipinski definition) is 0. The van der Waals surface area contributed by atoms with Gasteiger partial charge in [-0.15, -0.1) is 0 Å². The van der Waals surface area contributed by atoms with Crippen LogP contribution in [0.3, 0.4) is 0 Å². The van der Waals surface area contributed by atoms with E-state index in [1.54, 1.807) is 12.1 Å². The number of hydrogen-bond acceptors (Lipinski definition) is 3. The van der Waals surface area contributed by atoms with Crippen LogP contribution in [0.15, 0.2) is 48.5 Å². The lowest BCUT2D eigenvalue weighted by atomic mass is 9.92. The van der Waals surface area contributed by atoms with Crippen LogP contribution in [0, 0.1) is 0 Å². The van der Waals surface area contributed by atoms with Crippen LogP contribution in [0.2, 0.25) is 0 Å². The maximum atomic E-state index is 11.0. The van der Waals surface area contributed by atoms with Crippen molar-refractivity contribution in [3.8, 4) is 11.5 Å². The molecule has 2 unspecified atom stereocenters. The van der Waals surface area contributed by atoms with E-state index in [0.717, 1.165) is 11.3 Å². The van der Waals surface area contributed by atoms with Gasteiger partial charge in [-0.3, -0.25) is 4.79 Å². The van der Waals surface area contributed by atoms with Gasteiger partial charge < -0.3 is 9.47 Å². The molecule has 0 saturated carbocycles. The second kappa shape index (κ2) is 6.29. The topological polar surface area (TPSA) is 35.5 Å². The Bertz CT molecular complexity index is 744. The van der Waals surface area contributed by atoms with Gasteiger partial charge in [0.15, 0.2) is 0 Å². The van der Waals surface area contributed by atoms with Crippen LogP contribution in [0.25, 0.3) is 6.08 Å². The summed E-state index contributed by atoms with van der Waals surface area (Å²) < 4.78 is 11.2. The standard InChI is InChI=1S/C20H20O3/c1-4-5-15-6-11-19-18(12-15)13(2)20(23-19)16-7-9-17(10-8-16)22-14(3)21/h4-13,20H,1-3H3. The molecule has 2 aromatic carbocycles. The highest BCUT2D eigenvalue weighted by molar-refractivity contribution is 5.69. The van der Waals surface area contributed by atoms with Gasteiger partial charge in [0.1, 0.15) is 17.6 Å². The zero-order valence-corrected chi connectivity index (χ0v) is 13.6. The molecule has 1 aliphatic heterocycles. The summed E-state index contributed by atoms with van der Waals surface area (Å²) in [4.78, 5) is 11.0. The fourth-order valence-electron chi connectivity index (χ4n) is 2.98. The summed E-state index contributed by atoms with van der Waals surface area (Å²) in [5.74, 6) is 1.46. The number of rotatable bonds is 3. The maximum absolute atomic E-state index is 11.0. The molecule has 3 rings (SSSR count). The maximum Gasteiger partial charge on any atom is 0.308 e. The number of carbonyl (C=O) groups excluding carboxylic acids is 1. The SMILES string of the molecule is CC=Cc1ccc2c(c1)C(C)C(c1ccc(OC(C)=O)cc1)O2. The fraction of sp³-hybridized carbons (Fsp3) is 0.250. The summed E-state index contributed by atoms with van der Waals surface area (Å²) in [6, 6.07) is 13.8. The first-order chi connectivity index (χ1) is 11.1. The van der Waals surface area contributed by atoms with E-state index in [-0.39, 0.29) is 18.0 Å². The summed E-state index contributed by atoms with van der Waals surface area (Å²) in [6.07, 6.45) is 4.11. The summed E-state index contributed by atoms with van der Waals surface area (Å²) in [7, 11) is 0. The highest BCUT2D eigenvalue weighted by Gasteiger charge is 2.32. The third-order valence-corrected chi connectivity index (χ3v) is 4.06. The van der Waals surface area contributed by atoms with Crippen molar-refractivity contribution in [1.29, 1.82) is 0 Å². The minimum atomic E-state index is -0.313. The Labute approximate surface area is 136 Å². The summed E-state index contributed by atoms with van der Waals surface area (Å²) in [6.45, 7) is 5.59. The fourth-order valence-corrected chi connectivity index (χ4v) is 2.98. The number of esters is 1. The van der Waals surface area contributed by atoms with Crippen LogP contribution < -0.4 is 9.47 Å². The largest absolute Gasteiger partial charge is 0.485 e. The van der Waals surface area contributed by atoms with Crippen LogP contribution in [-0.2, 0) is 4.79 Å². The smallest absolute Gasteiger partial charge is 0.308 e. The first-order valence-electron chi connectivity index (χ1n) is 7.80. The van der Waals surface area contributed by atoms with E-state index in [9.17, 15) is 4.79 Å². The van der Waals surface area contributed by atoms with Crippen molar-refractivity contribution in [2.24, 2.45) is 0 Å². The normalized spacial score (nSPS) is 19.4. The molecular weight excluding hydrogens is 288 g/mol. The number of benzene rings is 2. The molecule has 1 heterocycles. The molecule has 0 fully saturated rings. The van der Waals surface area contributed by atoms with Gasteiger partial charge in [-0.2, -0.15) is 0 Å². The van der Waals surface area contributed by atoms with E-state index in [1.807, 2.05) is 31.2 Å². The Morgan fingerprint density at radius 2 is 1.91 bits per heavy atom. The molecule has 1 aliphatic rings. The lowest BCUT2D eigenvalue weighted by Gasteiger charge is -2.16. The molecule has 0 aromatic heterocycles. The molecule has 3 heteroatoms. The second-order valence-corrected chi connectivity index (χ2v) is 5.79. The number of fused-ring (bicyclic) bond motifs is 1. The third kappa shape index (κ3) is 3.14. The molecule has 3 nitrogen and oxygen atoms in total. The molecule has 0 spiro atoms. The van der Waals surface area contributed by atoms with Crippen molar-refractivity contribution >= 4 is 12.0 Å². The van der Waals surface area contributed by atoms with E-state index < -0.39 is 0 Å². The minimum absolute atomic E-state index is 0.0164. The van der Waals surface area contributed by atoms with Crippen LogP contribution in [0.4, 0.5) is 0 Å². The molecule has 0 N–H and O–H groups in total. The zero-order valence-electron chi connectivity index (χ0n) is 13.6. The van der Waals surface area contributed by atoms with Crippen molar-refractivity contribution in [2.75, 3.05) is 0 Å². The van der Waals surface area contributed by atoms with Crippen LogP contribution in [-0.4, -0.2) is 5.97 Å². The van der Waals surface area contributed by atoms with E-state index >= 15 is 0 Å². The van der Waals surface area contributed by atoms with Crippen molar-refractivity contribution in [1.82, 2.24) is 0 Å². The average Bonchev–Trinajstić information content (AvgIpc) is 2.85. The molecule has 0 saturated heterocycles. The Morgan fingerprint density at radius 1 is 1.17 bits per heavy atom. The van der Waals surface area contributed by atoms with Crippen molar-refractivity contribution in [3.05, 3.63) is 65.2 Å². The van der Waals surface area contributed by atoms with Gasteiger partial charge in [-0.05, 0) is 42.3 Å². The molecule has 0 radical (unpaired) electrons. The van der Waals surface area contributed by atoms with Gasteiger partial charge >= 0.3 is 5.97 Å². The Hall–Kier alpha value is -2.55. The Balaban J connectivity index is 1.83. The summed E-state index contributed by atoms with van der Waals surface area (Å²) in [5.41, 5.74) is 3.50. The van der Waals surface area contributed by atoms with Gasteiger partial charge in [-0.25, -0.2) is 0 Å². The predicted molar refractivity (Wildman–Crippen MR) is 90.7 cm³/mol. The van der Waals surface area contributed by atoms with Crippen LogP contribution >= 0.6 is 0 Å². The van der Waals surface area contributed by atoms with E-state index in [1.165, 1.54) is 18.1 Å². The van der Waals surface area contributed by atoms with Crippen LogP contribution in [0.1, 0.15) is 49.5 Å². The average molecular weight is 308 g/mol. The first kappa shape index (κ1) is 15.3. The molecule has 0 amide bonds. The van der Waals surface area contributed by atoms with E-state index in [0.29, 0.717) is 5.75 Å². The number of allylic oxidation sites excluding steroid dienone is 1. The van der Waals surface area contributed by atoms with Gasteiger partial charge in [-0.1, -0.05) is 37.3 Å². The molecule has 23 heavy (non-hydrogen) atoms. The molecule has 118 valence electrons. The van der Waals surface area contributed by atoms with Gasteiger partial charge in [0.25, 0.3) is 0 Å². The van der Waals surface area contributed by atoms with Crippen molar-refractivity contribution in [2.45, 2.75) is 32.8 Å². The van der Waals surface area contributed by atoms with Crippen LogP contribution in [0.5, 0.6) is 11.5 Å². The quantitative estimate of drug-likeness (QED) is 0.598. The lowest BCUT2D eigenvalue weighted by Crippen LogP contribution is -2.07. The van der Waals surface area contributed by atoms with Crippen molar-refractivity contribution in [3.63, 3.8) is 0 Å². The highest BCUT2D eigenvalue weighted by Crippen LogP contribution is 2.46. The number of ether oxygens (including phenoxy) is 2. The molecule has 2 atom stereocenters. The molecule has 2 aromatic rings. The van der Waals surface area contributed by atoms with Crippen molar-refractivity contribution < 1.29 is 14.3 Å². The van der Waals surface area contributed by atoms with Gasteiger partial charge in [0.2, 0.25) is 0 Å². The second-order valence-electron chi connectivity index (χ2n) is 5.79. The number of carbonyl (C=O) groups is 1.